The van der Waals surface area contributed by atoms with Crippen LogP contribution in [0.3, 0.4) is 0 Å². The lowest BCUT2D eigenvalue weighted by Crippen LogP contribution is -2.45. The van der Waals surface area contributed by atoms with E-state index in [1.54, 1.807) is 48.5 Å². The Morgan fingerprint density at radius 1 is 1.19 bits per heavy atom. The number of aliphatic hydroxyl groups is 2. The highest BCUT2D eigenvalue weighted by atomic mass is 31.2. The first-order valence-corrected chi connectivity index (χ1v) is 14.0. The lowest BCUT2D eigenvalue weighted by atomic mass is 10.1. The highest BCUT2D eigenvalue weighted by Crippen LogP contribution is 2.48. The van der Waals surface area contributed by atoms with Crippen molar-refractivity contribution >= 4 is 13.7 Å². The Balaban J connectivity index is 1.56. The average molecular weight is 602 g/mol. The number of carbonyl (C=O) groups excluding carboxylic acids is 1. The van der Waals surface area contributed by atoms with Crippen molar-refractivity contribution in [2.75, 3.05) is 6.61 Å². The van der Waals surface area contributed by atoms with Gasteiger partial charge in [0.15, 0.2) is 6.23 Å². The van der Waals surface area contributed by atoms with E-state index < -0.39 is 61.8 Å². The normalized spacial score (nSPS) is 23.7. The van der Waals surface area contributed by atoms with Crippen molar-refractivity contribution in [3.05, 3.63) is 110 Å². The second-order valence-electron chi connectivity index (χ2n) is 9.11. The molecule has 0 spiro atoms. The van der Waals surface area contributed by atoms with Crippen LogP contribution in [0.2, 0.25) is 0 Å². The van der Waals surface area contributed by atoms with Gasteiger partial charge in [-0.1, -0.05) is 53.6 Å². The number of H-pyrrole nitrogens is 1. The van der Waals surface area contributed by atoms with Gasteiger partial charge in [0.05, 0.1) is 6.61 Å². The summed E-state index contributed by atoms with van der Waals surface area (Å²) < 4.78 is 36.6. The molecule has 16 nitrogen and oxygen atoms in total. The van der Waals surface area contributed by atoms with Crippen molar-refractivity contribution in [3.63, 3.8) is 0 Å². The lowest BCUT2D eigenvalue weighted by Gasteiger charge is -2.29. The number of aliphatic hydroxyl groups excluding tert-OH is 2. The summed E-state index contributed by atoms with van der Waals surface area (Å²) >= 11 is 0. The van der Waals surface area contributed by atoms with Crippen LogP contribution in [0.25, 0.3) is 10.4 Å². The number of ether oxygens (including phenoxy) is 2. The van der Waals surface area contributed by atoms with E-state index >= 15 is 0 Å². The minimum Gasteiger partial charge on any atom is -0.460 e. The van der Waals surface area contributed by atoms with Crippen LogP contribution in [-0.2, 0) is 30.0 Å². The van der Waals surface area contributed by atoms with Crippen LogP contribution in [0.15, 0.2) is 87.6 Å². The van der Waals surface area contributed by atoms with Gasteiger partial charge < -0.3 is 24.2 Å². The molecule has 0 bridgehead atoms. The Bertz CT molecular complexity index is 1600. The molecule has 1 aliphatic heterocycles. The highest BCUT2D eigenvalue weighted by Gasteiger charge is 2.56. The fraction of sp³-hybridized carbons (Fsp3) is 0.320. The minimum atomic E-state index is -4.54. The van der Waals surface area contributed by atoms with Crippen LogP contribution in [0, 0.1) is 0 Å². The molecule has 4 N–H and O–H groups in total. The third-order valence-electron chi connectivity index (χ3n) is 6.08. The molecule has 0 amide bonds. The summed E-state index contributed by atoms with van der Waals surface area (Å²) in [6, 6.07) is 16.4. The standard InChI is InChI=1S/C25H27N6O10P/c1-16(23(35)38-14-17-8-4-2-5-9-17)28-42(37,41-18-10-6-3-7-11-18)39-15-25(29-30-26)21(34)20(33)22(40-25)31-13-12-19(32)27-24(31)36/h2-13,16,20-22,33-34H,14-15H2,1H3,(H,28,37)(H,27,32,36)/t16-,20-,21+,22-,25-,42?/m1/s1. The molecule has 0 aliphatic carbocycles. The Kier molecular flexibility index (Phi) is 9.60. The number of carbonyl (C=O) groups is 1. The number of benzene rings is 2. The van der Waals surface area contributed by atoms with Crippen molar-refractivity contribution < 1.29 is 38.1 Å². The Labute approximate surface area is 237 Å². The van der Waals surface area contributed by atoms with Crippen molar-refractivity contribution in [2.45, 2.75) is 43.7 Å². The van der Waals surface area contributed by atoms with Crippen molar-refractivity contribution in [1.82, 2.24) is 14.6 Å². The van der Waals surface area contributed by atoms with Crippen LogP contribution in [0.5, 0.6) is 5.75 Å². The highest BCUT2D eigenvalue weighted by molar-refractivity contribution is 7.52. The second-order valence-corrected chi connectivity index (χ2v) is 10.8. The third-order valence-corrected chi connectivity index (χ3v) is 7.71. The molecule has 1 saturated heterocycles. The summed E-state index contributed by atoms with van der Waals surface area (Å²) in [5.74, 6) is -0.726. The monoisotopic (exact) mass is 602 g/mol. The van der Waals surface area contributed by atoms with E-state index in [1.807, 2.05) is 4.98 Å². The maximum atomic E-state index is 13.9. The molecular formula is C25H27N6O10P. The minimum absolute atomic E-state index is 0.0557. The quantitative estimate of drug-likeness (QED) is 0.0767. The topological polar surface area (TPSA) is 227 Å². The second kappa shape index (κ2) is 13.1. The number of aromatic amines is 1. The van der Waals surface area contributed by atoms with Gasteiger partial charge in [-0.15, -0.1) is 0 Å². The van der Waals surface area contributed by atoms with Gasteiger partial charge in [-0.25, -0.2) is 9.36 Å². The van der Waals surface area contributed by atoms with Gasteiger partial charge in [-0.2, -0.15) is 5.09 Å². The number of aromatic nitrogens is 2. The van der Waals surface area contributed by atoms with Crippen LogP contribution < -0.4 is 20.9 Å². The van der Waals surface area contributed by atoms with Crippen LogP contribution in [0.1, 0.15) is 18.7 Å². The van der Waals surface area contributed by atoms with Crippen molar-refractivity contribution in [2.24, 2.45) is 5.11 Å². The number of para-hydroxylation sites is 1. The summed E-state index contributed by atoms with van der Waals surface area (Å²) in [4.78, 5) is 41.0. The summed E-state index contributed by atoms with van der Waals surface area (Å²) in [5, 5.41) is 27.4. The molecule has 222 valence electrons. The number of azide groups is 1. The van der Waals surface area contributed by atoms with Gasteiger partial charge in [0.25, 0.3) is 5.56 Å². The zero-order valence-electron chi connectivity index (χ0n) is 22.0. The van der Waals surface area contributed by atoms with Crippen LogP contribution in [-0.4, -0.2) is 56.3 Å². The number of hydrogen-bond acceptors (Lipinski definition) is 11. The van der Waals surface area contributed by atoms with Gasteiger partial charge >= 0.3 is 19.4 Å². The van der Waals surface area contributed by atoms with Gasteiger partial charge in [0, 0.05) is 17.2 Å². The van der Waals surface area contributed by atoms with Crippen LogP contribution >= 0.6 is 7.75 Å². The fourth-order valence-corrected chi connectivity index (χ4v) is 5.47. The molecule has 2 heterocycles. The molecule has 0 saturated carbocycles. The molecule has 1 fully saturated rings. The summed E-state index contributed by atoms with van der Waals surface area (Å²) in [7, 11) is -4.54. The molecule has 2 aromatic carbocycles. The Morgan fingerprint density at radius 2 is 1.86 bits per heavy atom. The van der Waals surface area contributed by atoms with E-state index in [0.717, 1.165) is 22.4 Å². The van der Waals surface area contributed by atoms with E-state index in [2.05, 4.69) is 15.1 Å². The van der Waals surface area contributed by atoms with Crippen LogP contribution in [0.4, 0.5) is 0 Å². The molecule has 1 unspecified atom stereocenters. The molecule has 6 atom stereocenters. The lowest BCUT2D eigenvalue weighted by molar-refractivity contribution is -0.146. The fourth-order valence-electron chi connectivity index (χ4n) is 3.96. The molecule has 1 aliphatic rings. The molecular weight excluding hydrogens is 575 g/mol. The molecule has 1 aromatic heterocycles. The third kappa shape index (κ3) is 7.13. The maximum Gasteiger partial charge on any atom is 0.459 e. The Hall–Kier alpha value is -4.27. The first kappa shape index (κ1) is 30.7. The van der Waals surface area contributed by atoms with Crippen molar-refractivity contribution in [1.29, 1.82) is 0 Å². The first-order chi connectivity index (χ1) is 20.1. The molecule has 42 heavy (non-hydrogen) atoms. The predicted molar refractivity (Wildman–Crippen MR) is 145 cm³/mol. The van der Waals surface area contributed by atoms with Gasteiger partial charge in [-0.3, -0.25) is 23.7 Å². The molecule has 0 radical (unpaired) electrons. The summed E-state index contributed by atoms with van der Waals surface area (Å²) in [5.41, 5.74) is 5.79. The smallest absolute Gasteiger partial charge is 0.459 e. The number of hydrogen-bond donors (Lipinski definition) is 4. The Morgan fingerprint density at radius 3 is 2.50 bits per heavy atom. The van der Waals surface area contributed by atoms with E-state index in [4.69, 9.17) is 18.5 Å². The number of esters is 1. The van der Waals surface area contributed by atoms with Gasteiger partial charge in [0.2, 0.25) is 5.72 Å². The summed E-state index contributed by atoms with van der Waals surface area (Å²) in [6.45, 7) is 0.316. The van der Waals surface area contributed by atoms with Gasteiger partial charge in [0.1, 0.15) is 30.6 Å². The molecule has 17 heteroatoms. The van der Waals surface area contributed by atoms with E-state index in [1.165, 1.54) is 19.1 Å². The molecule has 4 rings (SSSR count). The van der Waals surface area contributed by atoms with E-state index in [9.17, 15) is 34.7 Å². The average Bonchev–Trinajstić information content (AvgIpc) is 3.21. The summed E-state index contributed by atoms with van der Waals surface area (Å²) in [6.07, 6.45) is -4.51. The van der Waals surface area contributed by atoms with E-state index in [0.29, 0.717) is 0 Å². The zero-order valence-corrected chi connectivity index (χ0v) is 22.9. The maximum absolute atomic E-state index is 13.9. The van der Waals surface area contributed by atoms with Gasteiger partial charge in [-0.05, 0) is 30.2 Å². The number of nitrogens with zero attached hydrogens (tertiary/aromatic N) is 4. The predicted octanol–water partition coefficient (Wildman–Crippen LogP) is 1.72. The first-order valence-electron chi connectivity index (χ1n) is 12.4. The SMILES string of the molecule is C[C@@H](NP(=O)(OC[C@@]1(N=[N+]=[N-])O[C@@H](n2ccc(=O)[nH]c2=O)[C@H](O)[C@@H]1O)Oc1ccccc1)C(=O)OCc1ccccc1. The number of nitrogens with one attached hydrogen (secondary N) is 2. The van der Waals surface area contributed by atoms with Crippen molar-refractivity contribution in [3.8, 4) is 5.75 Å². The number of rotatable bonds is 12. The zero-order chi connectivity index (χ0) is 30.3. The molecule has 3 aromatic rings. The largest absolute Gasteiger partial charge is 0.460 e. The van der Waals surface area contributed by atoms with E-state index in [-0.39, 0.29) is 12.4 Å².